The molecular formula is C14H19ClN2OS. The van der Waals surface area contributed by atoms with Crippen LogP contribution < -0.4 is 5.73 Å². The van der Waals surface area contributed by atoms with Crippen LogP contribution in [0.2, 0.25) is 5.02 Å². The number of thioether (sulfide) groups is 1. The van der Waals surface area contributed by atoms with Crippen LogP contribution in [0.4, 0.5) is 0 Å². The third-order valence-electron chi connectivity index (χ3n) is 3.63. The van der Waals surface area contributed by atoms with Gasteiger partial charge in [-0.3, -0.25) is 4.79 Å². The minimum absolute atomic E-state index is 0.0387. The average molecular weight is 299 g/mol. The van der Waals surface area contributed by atoms with Gasteiger partial charge in [-0.1, -0.05) is 11.6 Å². The highest BCUT2D eigenvalue weighted by atomic mass is 35.5. The van der Waals surface area contributed by atoms with Crippen LogP contribution >= 0.6 is 23.4 Å². The van der Waals surface area contributed by atoms with E-state index in [1.165, 1.54) is 0 Å². The van der Waals surface area contributed by atoms with Gasteiger partial charge in [-0.15, -0.1) is 11.8 Å². The summed E-state index contributed by atoms with van der Waals surface area (Å²) in [7, 11) is 1.82. The monoisotopic (exact) mass is 298 g/mol. The highest BCUT2D eigenvalue weighted by molar-refractivity contribution is 7.98. The Bertz CT molecular complexity index is 477. The lowest BCUT2D eigenvalue weighted by molar-refractivity contribution is 0.0718. The SMILES string of the molecule is CSc1ccc(Cl)c(C(=O)N(C)C(CN)C2CC2)c1. The zero-order valence-corrected chi connectivity index (χ0v) is 12.8. The number of nitrogens with zero attached hydrogens (tertiary/aromatic N) is 1. The molecule has 1 aliphatic rings. The van der Waals surface area contributed by atoms with Crippen molar-refractivity contribution in [3.8, 4) is 0 Å². The molecule has 5 heteroatoms. The summed E-state index contributed by atoms with van der Waals surface area (Å²) in [4.78, 5) is 15.3. The summed E-state index contributed by atoms with van der Waals surface area (Å²) < 4.78 is 0. The van der Waals surface area contributed by atoms with Crippen molar-refractivity contribution in [2.24, 2.45) is 11.7 Å². The third-order valence-corrected chi connectivity index (χ3v) is 4.68. The van der Waals surface area contributed by atoms with Crippen molar-refractivity contribution < 1.29 is 4.79 Å². The van der Waals surface area contributed by atoms with E-state index in [4.69, 9.17) is 17.3 Å². The quantitative estimate of drug-likeness (QED) is 0.850. The van der Waals surface area contributed by atoms with Gasteiger partial charge in [0, 0.05) is 24.5 Å². The Morgan fingerprint density at radius 1 is 1.58 bits per heavy atom. The lowest BCUT2D eigenvalue weighted by Crippen LogP contribution is -2.43. The average Bonchev–Trinajstić information content (AvgIpc) is 3.24. The number of hydrogen-bond donors (Lipinski definition) is 1. The molecule has 2 N–H and O–H groups in total. The number of likely N-dealkylation sites (N-methyl/N-ethyl adjacent to an activating group) is 1. The number of rotatable bonds is 5. The Kier molecular flexibility index (Phi) is 4.76. The van der Waals surface area contributed by atoms with Crippen LogP contribution in [0.15, 0.2) is 23.1 Å². The van der Waals surface area contributed by atoms with Crippen molar-refractivity contribution in [2.75, 3.05) is 19.8 Å². The topological polar surface area (TPSA) is 46.3 Å². The highest BCUT2D eigenvalue weighted by Gasteiger charge is 2.35. The highest BCUT2D eigenvalue weighted by Crippen LogP contribution is 2.35. The van der Waals surface area contributed by atoms with E-state index in [0.29, 0.717) is 23.0 Å². The van der Waals surface area contributed by atoms with Crippen LogP contribution in [-0.4, -0.2) is 36.7 Å². The van der Waals surface area contributed by atoms with Gasteiger partial charge in [0.05, 0.1) is 10.6 Å². The maximum atomic E-state index is 12.5. The second-order valence-electron chi connectivity index (χ2n) is 4.90. The molecule has 1 unspecified atom stereocenters. The first-order valence-corrected chi connectivity index (χ1v) is 7.99. The van der Waals surface area contributed by atoms with E-state index in [-0.39, 0.29) is 11.9 Å². The molecule has 0 spiro atoms. The predicted molar refractivity (Wildman–Crippen MR) is 80.9 cm³/mol. The summed E-state index contributed by atoms with van der Waals surface area (Å²) in [5, 5.41) is 0.501. The number of carbonyl (C=O) groups excluding carboxylic acids is 1. The second-order valence-corrected chi connectivity index (χ2v) is 6.19. The first kappa shape index (κ1) is 14.7. The maximum absolute atomic E-state index is 12.5. The van der Waals surface area contributed by atoms with E-state index in [1.54, 1.807) is 22.7 Å². The second kappa shape index (κ2) is 6.16. The fraction of sp³-hybridized carbons (Fsp3) is 0.500. The van der Waals surface area contributed by atoms with E-state index >= 15 is 0 Å². The Morgan fingerprint density at radius 2 is 2.26 bits per heavy atom. The van der Waals surface area contributed by atoms with Crippen molar-refractivity contribution >= 4 is 29.3 Å². The number of benzene rings is 1. The lowest BCUT2D eigenvalue weighted by Gasteiger charge is -2.27. The van der Waals surface area contributed by atoms with E-state index in [0.717, 1.165) is 17.7 Å². The molecule has 1 saturated carbocycles. The van der Waals surface area contributed by atoms with Crippen molar-refractivity contribution in [1.82, 2.24) is 4.90 Å². The Balaban J connectivity index is 2.22. The number of carbonyl (C=O) groups is 1. The Morgan fingerprint density at radius 3 is 2.79 bits per heavy atom. The van der Waals surface area contributed by atoms with Crippen molar-refractivity contribution in [3.63, 3.8) is 0 Å². The van der Waals surface area contributed by atoms with Crippen LogP contribution in [0.25, 0.3) is 0 Å². The van der Waals surface area contributed by atoms with Crippen LogP contribution in [0.5, 0.6) is 0 Å². The van der Waals surface area contributed by atoms with Crippen LogP contribution in [0.1, 0.15) is 23.2 Å². The van der Waals surface area contributed by atoms with Crippen LogP contribution in [-0.2, 0) is 0 Å². The Hall–Kier alpha value is -0.710. The van der Waals surface area contributed by atoms with Crippen molar-refractivity contribution in [3.05, 3.63) is 28.8 Å². The van der Waals surface area contributed by atoms with Gasteiger partial charge in [-0.25, -0.2) is 0 Å². The summed E-state index contributed by atoms with van der Waals surface area (Å²) in [6, 6.07) is 5.68. The first-order chi connectivity index (χ1) is 9.08. The van der Waals surface area contributed by atoms with Gasteiger partial charge in [0.25, 0.3) is 5.91 Å². The molecular weight excluding hydrogens is 280 g/mol. The normalized spacial score (nSPS) is 16.2. The lowest BCUT2D eigenvalue weighted by atomic mass is 10.1. The molecule has 104 valence electrons. The Labute approximate surface area is 123 Å². The van der Waals surface area contributed by atoms with Gasteiger partial charge in [0.2, 0.25) is 0 Å². The van der Waals surface area contributed by atoms with E-state index in [9.17, 15) is 4.79 Å². The summed E-state index contributed by atoms with van der Waals surface area (Å²) in [6.07, 6.45) is 4.31. The minimum Gasteiger partial charge on any atom is -0.337 e. The number of hydrogen-bond acceptors (Lipinski definition) is 3. The van der Waals surface area contributed by atoms with Gasteiger partial charge in [-0.05, 0) is 43.2 Å². The maximum Gasteiger partial charge on any atom is 0.255 e. The number of nitrogens with two attached hydrogens (primary N) is 1. The zero-order valence-electron chi connectivity index (χ0n) is 11.2. The van der Waals surface area contributed by atoms with Gasteiger partial charge in [-0.2, -0.15) is 0 Å². The van der Waals surface area contributed by atoms with Gasteiger partial charge >= 0.3 is 0 Å². The van der Waals surface area contributed by atoms with E-state index in [1.807, 2.05) is 25.4 Å². The minimum atomic E-state index is -0.0387. The van der Waals surface area contributed by atoms with Crippen molar-refractivity contribution in [2.45, 2.75) is 23.8 Å². The number of amides is 1. The largest absolute Gasteiger partial charge is 0.337 e. The molecule has 0 radical (unpaired) electrons. The molecule has 2 rings (SSSR count). The molecule has 1 aromatic rings. The predicted octanol–water partition coefficient (Wildman–Crippen LogP) is 2.87. The molecule has 1 amide bonds. The van der Waals surface area contributed by atoms with E-state index in [2.05, 4.69) is 0 Å². The van der Waals surface area contributed by atoms with Gasteiger partial charge in [0.15, 0.2) is 0 Å². The van der Waals surface area contributed by atoms with E-state index < -0.39 is 0 Å². The molecule has 3 nitrogen and oxygen atoms in total. The first-order valence-electron chi connectivity index (χ1n) is 6.39. The molecule has 0 heterocycles. The molecule has 1 fully saturated rings. The zero-order chi connectivity index (χ0) is 14.0. The molecule has 1 aliphatic carbocycles. The van der Waals surface area contributed by atoms with Crippen LogP contribution in [0.3, 0.4) is 0 Å². The molecule has 1 aromatic carbocycles. The summed E-state index contributed by atoms with van der Waals surface area (Å²) in [6.45, 7) is 0.507. The standard InChI is InChI=1S/C14H19ClN2OS/c1-17(13(8-16)9-3-4-9)14(18)11-7-10(19-2)5-6-12(11)15/h5-7,9,13H,3-4,8,16H2,1-2H3. The summed E-state index contributed by atoms with van der Waals surface area (Å²) in [5.41, 5.74) is 6.36. The molecule has 19 heavy (non-hydrogen) atoms. The van der Waals surface area contributed by atoms with Gasteiger partial charge < -0.3 is 10.6 Å². The molecule has 0 aliphatic heterocycles. The molecule has 0 bridgehead atoms. The van der Waals surface area contributed by atoms with Crippen molar-refractivity contribution in [1.29, 1.82) is 0 Å². The molecule has 0 aromatic heterocycles. The van der Waals surface area contributed by atoms with Crippen LogP contribution in [0, 0.1) is 5.92 Å². The van der Waals surface area contributed by atoms with Gasteiger partial charge in [0.1, 0.15) is 0 Å². The fourth-order valence-corrected chi connectivity index (χ4v) is 2.92. The summed E-state index contributed by atoms with van der Waals surface area (Å²) >= 11 is 7.75. The molecule has 0 saturated heterocycles. The summed E-state index contributed by atoms with van der Waals surface area (Å²) in [5.74, 6) is 0.518. The third kappa shape index (κ3) is 3.25. The fourth-order valence-electron chi connectivity index (χ4n) is 2.28. The number of halogens is 1. The smallest absolute Gasteiger partial charge is 0.255 e. The molecule has 1 atom stereocenters.